The van der Waals surface area contributed by atoms with Gasteiger partial charge in [0.05, 0.1) is 5.56 Å². The van der Waals surface area contributed by atoms with Crippen molar-refractivity contribution < 1.29 is 14.3 Å². The molecule has 2 nitrogen and oxygen atoms in total. The van der Waals surface area contributed by atoms with Crippen molar-refractivity contribution >= 4 is 5.97 Å². The van der Waals surface area contributed by atoms with E-state index in [0.717, 1.165) is 18.9 Å². The van der Waals surface area contributed by atoms with Gasteiger partial charge in [-0.3, -0.25) is 0 Å². The fourth-order valence-electron chi connectivity index (χ4n) is 3.04. The van der Waals surface area contributed by atoms with Crippen LogP contribution in [-0.4, -0.2) is 11.1 Å². The first-order chi connectivity index (χ1) is 11.6. The summed E-state index contributed by atoms with van der Waals surface area (Å²) in [5, 5.41) is 8.82. The van der Waals surface area contributed by atoms with Gasteiger partial charge in [-0.15, -0.1) is 0 Å². The SMILES string of the molecule is CCCCCCCCCCCCCCc1ccc(C(=O)O)cc1F. The number of aromatic carboxylic acids is 1. The Morgan fingerprint density at radius 2 is 1.38 bits per heavy atom. The molecular weight excluding hydrogens is 303 g/mol. The molecule has 1 aromatic carbocycles. The van der Waals surface area contributed by atoms with E-state index in [1.807, 2.05) is 0 Å². The fourth-order valence-corrected chi connectivity index (χ4v) is 3.04. The summed E-state index contributed by atoms with van der Waals surface area (Å²) in [5.41, 5.74) is 0.651. The number of carboxylic acid groups (broad SMARTS) is 1. The molecule has 1 rings (SSSR count). The van der Waals surface area contributed by atoms with Crippen molar-refractivity contribution in [2.75, 3.05) is 0 Å². The summed E-state index contributed by atoms with van der Waals surface area (Å²) in [5.74, 6) is -1.47. The van der Waals surface area contributed by atoms with Gasteiger partial charge in [-0.25, -0.2) is 9.18 Å². The highest BCUT2D eigenvalue weighted by Crippen LogP contribution is 2.16. The van der Waals surface area contributed by atoms with Crippen molar-refractivity contribution in [3.63, 3.8) is 0 Å². The van der Waals surface area contributed by atoms with E-state index in [9.17, 15) is 9.18 Å². The first-order valence-corrected chi connectivity index (χ1v) is 9.67. The first kappa shape index (κ1) is 20.7. The fraction of sp³-hybridized carbons (Fsp3) is 0.667. The average Bonchev–Trinajstić information content (AvgIpc) is 2.57. The van der Waals surface area contributed by atoms with Crippen LogP contribution in [0.2, 0.25) is 0 Å². The van der Waals surface area contributed by atoms with Gasteiger partial charge in [0.25, 0.3) is 0 Å². The molecule has 0 fully saturated rings. The first-order valence-electron chi connectivity index (χ1n) is 9.67. The highest BCUT2D eigenvalue weighted by Gasteiger charge is 2.07. The molecule has 24 heavy (non-hydrogen) atoms. The molecule has 0 aliphatic rings. The van der Waals surface area contributed by atoms with Crippen LogP contribution in [0, 0.1) is 5.82 Å². The Morgan fingerprint density at radius 3 is 1.83 bits per heavy atom. The largest absolute Gasteiger partial charge is 0.478 e. The molecule has 0 amide bonds. The molecule has 3 heteroatoms. The third-order valence-electron chi connectivity index (χ3n) is 4.60. The lowest BCUT2D eigenvalue weighted by Gasteiger charge is -2.05. The average molecular weight is 336 g/mol. The zero-order chi connectivity index (χ0) is 17.6. The third-order valence-corrected chi connectivity index (χ3v) is 4.60. The Kier molecular flexibility index (Phi) is 11.2. The van der Waals surface area contributed by atoms with Gasteiger partial charge in [0.1, 0.15) is 5.82 Å². The zero-order valence-electron chi connectivity index (χ0n) is 15.2. The van der Waals surface area contributed by atoms with E-state index in [1.165, 1.54) is 70.3 Å². The minimum Gasteiger partial charge on any atom is -0.478 e. The number of aryl methyl sites for hydroxylation is 1. The number of carboxylic acids is 1. The van der Waals surface area contributed by atoms with Gasteiger partial charge in [-0.05, 0) is 30.5 Å². The van der Waals surface area contributed by atoms with E-state index < -0.39 is 11.8 Å². The summed E-state index contributed by atoms with van der Waals surface area (Å²) in [4.78, 5) is 10.8. The van der Waals surface area contributed by atoms with E-state index >= 15 is 0 Å². The molecule has 0 aromatic heterocycles. The highest BCUT2D eigenvalue weighted by molar-refractivity contribution is 5.87. The van der Waals surface area contributed by atoms with Gasteiger partial charge in [0.15, 0.2) is 0 Å². The molecule has 0 saturated carbocycles. The Hall–Kier alpha value is -1.38. The van der Waals surface area contributed by atoms with Crippen LogP contribution in [0.4, 0.5) is 4.39 Å². The molecule has 0 aliphatic heterocycles. The van der Waals surface area contributed by atoms with Crippen LogP contribution in [0.3, 0.4) is 0 Å². The van der Waals surface area contributed by atoms with E-state index in [2.05, 4.69) is 6.92 Å². The lowest BCUT2D eigenvalue weighted by molar-refractivity contribution is 0.0696. The van der Waals surface area contributed by atoms with Gasteiger partial charge in [-0.1, -0.05) is 83.6 Å². The lowest BCUT2D eigenvalue weighted by Crippen LogP contribution is -1.99. The quantitative estimate of drug-likeness (QED) is 0.381. The Labute approximate surface area is 146 Å². The second kappa shape index (κ2) is 13.0. The van der Waals surface area contributed by atoms with Crippen molar-refractivity contribution in [2.24, 2.45) is 0 Å². The molecule has 1 N–H and O–H groups in total. The second-order valence-corrected chi connectivity index (χ2v) is 6.75. The summed E-state index contributed by atoms with van der Waals surface area (Å²) in [6.45, 7) is 2.25. The van der Waals surface area contributed by atoms with Crippen molar-refractivity contribution in [1.82, 2.24) is 0 Å². The summed E-state index contributed by atoms with van der Waals surface area (Å²) in [6.07, 6.45) is 16.2. The Balaban J connectivity index is 2.00. The molecule has 136 valence electrons. The maximum Gasteiger partial charge on any atom is 0.335 e. The number of benzene rings is 1. The van der Waals surface area contributed by atoms with E-state index in [1.54, 1.807) is 6.07 Å². The van der Waals surface area contributed by atoms with Crippen molar-refractivity contribution in [3.8, 4) is 0 Å². The minimum absolute atomic E-state index is 0.0194. The molecule has 0 atom stereocenters. The van der Waals surface area contributed by atoms with Crippen molar-refractivity contribution in [2.45, 2.75) is 90.4 Å². The monoisotopic (exact) mass is 336 g/mol. The van der Waals surface area contributed by atoms with Gasteiger partial charge in [-0.2, -0.15) is 0 Å². The third kappa shape index (κ3) is 9.05. The maximum absolute atomic E-state index is 13.8. The molecular formula is C21H33FO2. The number of hydrogen-bond acceptors (Lipinski definition) is 1. The van der Waals surface area contributed by atoms with Crippen LogP contribution in [0.15, 0.2) is 18.2 Å². The van der Waals surface area contributed by atoms with E-state index in [0.29, 0.717) is 12.0 Å². The van der Waals surface area contributed by atoms with Crippen LogP contribution >= 0.6 is 0 Å². The van der Waals surface area contributed by atoms with E-state index in [4.69, 9.17) is 5.11 Å². The number of hydrogen-bond donors (Lipinski definition) is 1. The van der Waals surface area contributed by atoms with Crippen LogP contribution in [-0.2, 0) is 6.42 Å². The van der Waals surface area contributed by atoms with Crippen molar-refractivity contribution in [3.05, 3.63) is 35.1 Å². The number of unbranched alkanes of at least 4 members (excludes halogenated alkanes) is 11. The molecule has 0 radical (unpaired) electrons. The normalized spacial score (nSPS) is 10.9. The van der Waals surface area contributed by atoms with Crippen LogP contribution in [0.25, 0.3) is 0 Å². The minimum atomic E-state index is -1.08. The molecule has 0 bridgehead atoms. The second-order valence-electron chi connectivity index (χ2n) is 6.75. The molecule has 0 aliphatic carbocycles. The van der Waals surface area contributed by atoms with Gasteiger partial charge >= 0.3 is 5.97 Å². The Bertz CT molecular complexity index is 471. The topological polar surface area (TPSA) is 37.3 Å². The molecule has 0 heterocycles. The lowest BCUT2D eigenvalue weighted by atomic mass is 10.0. The molecule has 1 aromatic rings. The molecule has 0 unspecified atom stereocenters. The predicted octanol–water partition coefficient (Wildman–Crippen LogP) is 6.77. The van der Waals surface area contributed by atoms with Crippen molar-refractivity contribution in [1.29, 1.82) is 0 Å². The standard InChI is InChI=1S/C21H33FO2/c1-2-3-4-5-6-7-8-9-10-11-12-13-14-18-15-16-19(21(23)24)17-20(18)22/h15-17H,2-14H2,1H3,(H,23,24). The van der Waals surface area contributed by atoms with Crippen LogP contribution in [0.5, 0.6) is 0 Å². The summed E-state index contributed by atoms with van der Waals surface area (Å²) < 4.78 is 13.8. The van der Waals surface area contributed by atoms with Gasteiger partial charge < -0.3 is 5.11 Å². The Morgan fingerprint density at radius 1 is 0.875 bits per heavy atom. The zero-order valence-corrected chi connectivity index (χ0v) is 15.2. The highest BCUT2D eigenvalue weighted by atomic mass is 19.1. The predicted molar refractivity (Wildman–Crippen MR) is 98.1 cm³/mol. The summed E-state index contributed by atoms with van der Waals surface area (Å²) in [7, 11) is 0. The number of rotatable bonds is 14. The summed E-state index contributed by atoms with van der Waals surface area (Å²) in [6, 6.07) is 4.22. The van der Waals surface area contributed by atoms with Gasteiger partial charge in [0.2, 0.25) is 0 Å². The summed E-state index contributed by atoms with van der Waals surface area (Å²) >= 11 is 0. The smallest absolute Gasteiger partial charge is 0.335 e. The molecule has 0 spiro atoms. The van der Waals surface area contributed by atoms with Gasteiger partial charge in [0, 0.05) is 0 Å². The van der Waals surface area contributed by atoms with Crippen LogP contribution < -0.4 is 0 Å². The molecule has 0 saturated heterocycles. The maximum atomic E-state index is 13.8. The number of halogens is 1. The number of carbonyl (C=O) groups is 1. The van der Waals surface area contributed by atoms with Crippen LogP contribution in [0.1, 0.15) is 99.9 Å². The van der Waals surface area contributed by atoms with E-state index in [-0.39, 0.29) is 5.56 Å².